The molecule has 0 bridgehead atoms. The Bertz CT molecular complexity index is 2910. The number of ether oxygens (including phenoxy) is 8. The molecular formula is C32H7BF53NO10. The van der Waals surface area contributed by atoms with E-state index in [1.54, 1.807) is 4.74 Å². The molecule has 0 fully saturated rings. The van der Waals surface area contributed by atoms with Crippen LogP contribution in [0.2, 0.25) is 0 Å². The van der Waals surface area contributed by atoms with E-state index >= 15 is 26.3 Å². The van der Waals surface area contributed by atoms with Gasteiger partial charge >= 0.3 is 164 Å². The minimum atomic E-state index is -10.3. The van der Waals surface area contributed by atoms with Crippen LogP contribution in [-0.4, -0.2) is 169 Å². The lowest BCUT2D eigenvalue weighted by atomic mass is 9.74. The standard InChI is InChI=1S/C32H7BF53NO10/c34-7(16(44,45)46,6-4(33(88)89)2-1-3-5(6)87)90-26(73,74)9(37,18(50,51)52)92-28(77,78)11(39,20(56,57)58)94-30(81,82)13(41,22(62,63)64)96-32(85,86)15(43,24(68,69)70)97-31(83,84)14(42,23(65,66)67)95-29(79,80)12(40,21(59,60)61)93-27(75,76)10(38,19(53,54)55)91-25(71,72)8(35,36)17(47,48)49/h1-3,88-89H,87H2. The summed E-state index contributed by atoms with van der Waals surface area (Å²) in [5, 5.41) is 18.3. The lowest BCUT2D eigenvalue weighted by molar-refractivity contribution is -0.610. The summed E-state index contributed by atoms with van der Waals surface area (Å²) in [4.78, 5) is 0. The quantitative estimate of drug-likeness (QED) is 0.0464. The first-order valence-corrected chi connectivity index (χ1v) is 20.6. The summed E-state index contributed by atoms with van der Waals surface area (Å²) in [5.74, 6) is -86.3. The largest absolute Gasteiger partial charge is 0.489 e. The fourth-order valence-corrected chi connectivity index (χ4v) is 5.50. The van der Waals surface area contributed by atoms with Crippen LogP contribution in [0.5, 0.6) is 0 Å². The van der Waals surface area contributed by atoms with Gasteiger partial charge in [0.25, 0.3) is 0 Å². The molecule has 0 aromatic heterocycles. The van der Waals surface area contributed by atoms with E-state index < -0.39 is 187 Å². The first-order chi connectivity index (χ1) is 41.2. The zero-order valence-electron chi connectivity index (χ0n) is 41.6. The topological polar surface area (TPSA) is 140 Å². The molecule has 11 nitrogen and oxygen atoms in total. The summed E-state index contributed by atoms with van der Waals surface area (Å²) < 4.78 is 751. The van der Waals surface area contributed by atoms with E-state index in [0.29, 0.717) is 28.4 Å². The average Bonchev–Trinajstić information content (AvgIpc) is 0.715. The average molecular weight is 1580 g/mol. The second kappa shape index (κ2) is 24.3. The van der Waals surface area contributed by atoms with Gasteiger partial charge in [0.05, 0.1) is 0 Å². The Hall–Kier alpha value is -5.03. The minimum absolute atomic E-state index is 0.0140. The molecule has 0 amide bonds. The Morgan fingerprint density at radius 3 is 0.567 bits per heavy atom. The van der Waals surface area contributed by atoms with Crippen LogP contribution in [0.15, 0.2) is 18.2 Å². The van der Waals surface area contributed by atoms with Gasteiger partial charge in [0, 0.05) is 11.3 Å². The number of nitrogen functional groups attached to an aromatic ring is 1. The number of halogens is 53. The van der Waals surface area contributed by atoms with E-state index in [9.17, 15) is 206 Å². The lowest BCUT2D eigenvalue weighted by Crippen LogP contribution is -2.74. The van der Waals surface area contributed by atoms with Crippen molar-refractivity contribution in [2.24, 2.45) is 0 Å². The number of hydrogen-bond donors (Lipinski definition) is 3. The van der Waals surface area contributed by atoms with Crippen molar-refractivity contribution in [3.05, 3.63) is 23.8 Å². The van der Waals surface area contributed by atoms with E-state index in [2.05, 4.69) is 0 Å². The summed E-state index contributed by atoms with van der Waals surface area (Å²) in [6.45, 7) is 0. The zero-order chi connectivity index (χ0) is 79.1. The van der Waals surface area contributed by atoms with Crippen LogP contribution >= 0.6 is 0 Å². The van der Waals surface area contributed by atoms with Crippen LogP contribution in [0.25, 0.3) is 0 Å². The van der Waals surface area contributed by atoms with Crippen molar-refractivity contribution < 1.29 is 281 Å². The molecule has 0 saturated heterocycles. The number of alkyl halides is 53. The summed E-state index contributed by atoms with van der Waals surface area (Å²) in [5.41, 5.74) is -3.67. The second-order valence-electron chi connectivity index (χ2n) is 17.0. The molecule has 65 heteroatoms. The maximum Gasteiger partial charge on any atom is 0.489 e. The number of anilines is 1. The van der Waals surface area contributed by atoms with Crippen molar-refractivity contribution in [2.75, 3.05) is 5.73 Å². The second-order valence-corrected chi connectivity index (χ2v) is 17.0. The van der Waals surface area contributed by atoms with Crippen LogP contribution in [0, 0.1) is 0 Å². The third kappa shape index (κ3) is 14.9. The maximum atomic E-state index is 15.6. The summed E-state index contributed by atoms with van der Waals surface area (Å²) >= 11 is 0. The first-order valence-electron chi connectivity index (χ1n) is 20.6. The highest BCUT2D eigenvalue weighted by molar-refractivity contribution is 6.59. The predicted molar refractivity (Wildman–Crippen MR) is 178 cm³/mol. The van der Waals surface area contributed by atoms with E-state index in [0.717, 1.165) is 4.74 Å². The van der Waals surface area contributed by atoms with Crippen molar-refractivity contribution in [3.8, 4) is 0 Å². The van der Waals surface area contributed by atoms with E-state index in [1.165, 1.54) is 0 Å². The molecule has 8 atom stereocenters. The normalized spacial score (nSPS) is 20.5. The molecule has 0 spiro atoms. The Morgan fingerprint density at radius 1 is 0.237 bits per heavy atom. The van der Waals surface area contributed by atoms with Crippen LogP contribution in [-0.2, 0) is 43.7 Å². The van der Waals surface area contributed by atoms with Gasteiger partial charge in [-0.15, -0.1) is 0 Å². The van der Waals surface area contributed by atoms with Crippen molar-refractivity contribution in [1.29, 1.82) is 0 Å². The number of benzene rings is 1. The van der Waals surface area contributed by atoms with Crippen LogP contribution in [0.3, 0.4) is 0 Å². The highest BCUT2D eigenvalue weighted by Gasteiger charge is 2.94. The Labute approximate surface area is 486 Å². The molecular weight excluding hydrogens is 1580 g/mol. The molecule has 0 radical (unpaired) electrons. The molecule has 1 aromatic rings. The van der Waals surface area contributed by atoms with Gasteiger partial charge in [-0.3, -0.25) is 37.9 Å². The van der Waals surface area contributed by atoms with Gasteiger partial charge in [-0.2, -0.15) is 233 Å². The fourth-order valence-electron chi connectivity index (χ4n) is 5.50. The van der Waals surface area contributed by atoms with E-state index in [1.807, 2.05) is 0 Å². The molecule has 0 aliphatic carbocycles. The SMILES string of the molecule is Nc1cccc(B(O)O)c1C(F)(OC(F)(F)C(F)(OC(F)(F)C(F)(OC(F)(F)C(F)(OC(F)(F)C(F)(OC(F)(F)C(F)(OC(F)(F)C(F)(OC(F)(F)C(F)(OC(F)(F)C(F)(F)C(F)(F)F)C(F)(F)F)C(F)(F)F)C(F)(F)F)C(F)(F)F)C(F)(F)F)C(F)(F)F)C(F)(F)F)C(F)(F)F. The van der Waals surface area contributed by atoms with Gasteiger partial charge in [0.15, 0.2) is 0 Å². The molecule has 0 saturated carbocycles. The van der Waals surface area contributed by atoms with Gasteiger partial charge in [0.2, 0.25) is 0 Å². The molecule has 97 heavy (non-hydrogen) atoms. The first kappa shape index (κ1) is 90.0. The van der Waals surface area contributed by atoms with E-state index in [4.69, 9.17) is 15.8 Å². The van der Waals surface area contributed by atoms with Crippen molar-refractivity contribution in [1.82, 2.24) is 0 Å². The molecule has 1 aromatic carbocycles. The fraction of sp³-hybridized carbons (Fsp3) is 0.812. The molecule has 4 N–H and O–H groups in total. The van der Waals surface area contributed by atoms with Crippen LogP contribution in [0.4, 0.5) is 238 Å². The van der Waals surface area contributed by atoms with E-state index in [-0.39, 0.29) is 12.1 Å². The highest BCUT2D eigenvalue weighted by Crippen LogP contribution is 2.66. The predicted octanol–water partition coefficient (Wildman–Crippen LogP) is 15.3. The Balaban J connectivity index is 4.51. The highest BCUT2D eigenvalue weighted by atomic mass is 19.5. The third-order valence-corrected chi connectivity index (χ3v) is 10.1. The van der Waals surface area contributed by atoms with Gasteiger partial charge in [-0.05, 0) is 11.5 Å². The number of hydrogen-bond acceptors (Lipinski definition) is 11. The lowest BCUT2D eigenvalue weighted by Gasteiger charge is -2.45. The van der Waals surface area contributed by atoms with Crippen LogP contribution < -0.4 is 11.2 Å². The van der Waals surface area contributed by atoms with Gasteiger partial charge in [-0.25, -0.2) is 0 Å². The van der Waals surface area contributed by atoms with Crippen molar-refractivity contribution in [3.63, 3.8) is 0 Å². The third-order valence-electron chi connectivity index (χ3n) is 10.1. The molecule has 1 rings (SSSR count). The van der Waals surface area contributed by atoms with Gasteiger partial charge < -0.3 is 15.8 Å². The zero-order valence-corrected chi connectivity index (χ0v) is 41.6. The van der Waals surface area contributed by atoms with Crippen LogP contribution in [0.1, 0.15) is 5.56 Å². The number of nitrogens with two attached hydrogens (primary N) is 1. The molecule has 574 valence electrons. The molecule has 0 aliphatic rings. The van der Waals surface area contributed by atoms with Crippen molar-refractivity contribution in [2.45, 2.75) is 157 Å². The number of rotatable bonds is 26. The monoisotopic (exact) mass is 1580 g/mol. The summed E-state index contributed by atoms with van der Waals surface area (Å²) in [7, 11) is -3.94. The maximum absolute atomic E-state index is 15.6. The summed E-state index contributed by atoms with van der Waals surface area (Å²) in [6.07, 6.45) is -162. The molecule has 0 aliphatic heterocycles. The Morgan fingerprint density at radius 2 is 0.412 bits per heavy atom. The Kier molecular flexibility index (Phi) is 22.6. The molecule has 0 heterocycles. The minimum Gasteiger partial charge on any atom is -0.423 e. The smallest absolute Gasteiger partial charge is 0.423 e. The summed E-state index contributed by atoms with van der Waals surface area (Å²) in [6, 6.07) is -0.805. The van der Waals surface area contributed by atoms with Gasteiger partial charge in [0.1, 0.15) is 0 Å². The van der Waals surface area contributed by atoms with Crippen molar-refractivity contribution >= 4 is 18.3 Å². The molecule has 8 unspecified atom stereocenters. The van der Waals surface area contributed by atoms with Gasteiger partial charge in [-0.1, -0.05) is 12.1 Å².